The summed E-state index contributed by atoms with van der Waals surface area (Å²) in [5.41, 5.74) is 0.905. The van der Waals surface area contributed by atoms with Crippen molar-refractivity contribution >= 4 is 5.97 Å². The lowest BCUT2D eigenvalue weighted by molar-refractivity contribution is 0.0690. The Balaban J connectivity index is 1.89. The van der Waals surface area contributed by atoms with Gasteiger partial charge in [0.2, 0.25) is 0 Å². The highest BCUT2D eigenvalue weighted by Gasteiger charge is 2.20. The second-order valence-corrected chi connectivity index (χ2v) is 5.03. The lowest BCUT2D eigenvalue weighted by Gasteiger charge is -2.20. The molecular formula is C14H20N2O2. The molecule has 0 aliphatic heterocycles. The van der Waals surface area contributed by atoms with Crippen LogP contribution in [0.1, 0.15) is 48.8 Å². The van der Waals surface area contributed by atoms with E-state index in [9.17, 15) is 4.79 Å². The van der Waals surface area contributed by atoms with Crippen LogP contribution in [0.2, 0.25) is 0 Å². The Labute approximate surface area is 107 Å². The van der Waals surface area contributed by atoms with Gasteiger partial charge in [0.1, 0.15) is 5.69 Å². The molecule has 0 spiro atoms. The van der Waals surface area contributed by atoms with Crippen LogP contribution < -0.4 is 5.32 Å². The number of carbonyl (C=O) groups is 1. The third-order valence-electron chi connectivity index (χ3n) is 3.74. The number of aromatic nitrogens is 1. The highest BCUT2D eigenvalue weighted by molar-refractivity contribution is 5.85. The minimum atomic E-state index is -0.972. The van der Waals surface area contributed by atoms with E-state index in [1.54, 1.807) is 6.07 Å². The van der Waals surface area contributed by atoms with Gasteiger partial charge in [-0.1, -0.05) is 18.9 Å². The van der Waals surface area contributed by atoms with E-state index in [2.05, 4.69) is 17.2 Å². The normalized spacial score (nSPS) is 17.8. The van der Waals surface area contributed by atoms with Crippen LogP contribution in [0.15, 0.2) is 18.2 Å². The van der Waals surface area contributed by atoms with E-state index in [1.165, 1.54) is 31.7 Å². The van der Waals surface area contributed by atoms with Gasteiger partial charge >= 0.3 is 5.97 Å². The summed E-state index contributed by atoms with van der Waals surface area (Å²) in [7, 11) is 0. The maximum absolute atomic E-state index is 10.8. The van der Waals surface area contributed by atoms with Crippen LogP contribution >= 0.6 is 0 Å². The van der Waals surface area contributed by atoms with E-state index in [4.69, 9.17) is 5.11 Å². The zero-order valence-corrected chi connectivity index (χ0v) is 10.7. The van der Waals surface area contributed by atoms with Gasteiger partial charge in [0.15, 0.2) is 0 Å². The summed E-state index contributed by atoms with van der Waals surface area (Å²) in [4.78, 5) is 14.9. The molecule has 2 rings (SSSR count). The predicted octanol–water partition coefficient (Wildman–Crippen LogP) is 2.45. The van der Waals surface area contributed by atoms with Gasteiger partial charge in [-0.15, -0.1) is 0 Å². The molecule has 1 aliphatic rings. The van der Waals surface area contributed by atoms with Crippen LogP contribution in [-0.4, -0.2) is 22.1 Å². The first kappa shape index (κ1) is 13.0. The van der Waals surface area contributed by atoms with Gasteiger partial charge < -0.3 is 10.4 Å². The van der Waals surface area contributed by atoms with Crippen molar-refractivity contribution in [1.29, 1.82) is 0 Å². The second-order valence-electron chi connectivity index (χ2n) is 5.03. The summed E-state index contributed by atoms with van der Waals surface area (Å²) in [6.07, 6.45) is 5.28. The molecule has 0 bridgehead atoms. The fourth-order valence-corrected chi connectivity index (χ4v) is 2.59. The van der Waals surface area contributed by atoms with Crippen LogP contribution in [0.5, 0.6) is 0 Å². The zero-order chi connectivity index (χ0) is 13.0. The molecular weight excluding hydrogens is 228 g/mol. The van der Waals surface area contributed by atoms with Gasteiger partial charge in [-0.05, 0) is 37.8 Å². The van der Waals surface area contributed by atoms with Crippen molar-refractivity contribution in [2.75, 3.05) is 0 Å². The molecule has 0 unspecified atom stereocenters. The minimum Gasteiger partial charge on any atom is -0.477 e. The number of hydrogen-bond donors (Lipinski definition) is 2. The average molecular weight is 248 g/mol. The Morgan fingerprint density at radius 3 is 2.89 bits per heavy atom. The summed E-state index contributed by atoms with van der Waals surface area (Å²) >= 11 is 0. The Morgan fingerprint density at radius 1 is 1.50 bits per heavy atom. The topological polar surface area (TPSA) is 62.2 Å². The number of nitrogens with zero attached hydrogens (tertiary/aromatic N) is 1. The highest BCUT2D eigenvalue weighted by Crippen LogP contribution is 2.27. The van der Waals surface area contributed by atoms with Gasteiger partial charge in [0.05, 0.1) is 5.69 Å². The van der Waals surface area contributed by atoms with Crippen molar-refractivity contribution < 1.29 is 9.90 Å². The van der Waals surface area contributed by atoms with E-state index in [0.29, 0.717) is 12.6 Å². The molecule has 1 fully saturated rings. The molecule has 18 heavy (non-hydrogen) atoms. The van der Waals surface area contributed by atoms with Crippen molar-refractivity contribution in [3.63, 3.8) is 0 Å². The molecule has 98 valence electrons. The van der Waals surface area contributed by atoms with Gasteiger partial charge in [-0.2, -0.15) is 0 Å². The van der Waals surface area contributed by atoms with Crippen LogP contribution in [0.4, 0.5) is 0 Å². The number of nitrogens with one attached hydrogen (secondary N) is 1. The average Bonchev–Trinajstić information content (AvgIpc) is 2.90. The van der Waals surface area contributed by atoms with Crippen molar-refractivity contribution in [1.82, 2.24) is 10.3 Å². The Kier molecular flexibility index (Phi) is 4.31. The fourth-order valence-electron chi connectivity index (χ4n) is 2.59. The number of carboxylic acid groups (broad SMARTS) is 1. The summed E-state index contributed by atoms with van der Waals surface area (Å²) < 4.78 is 0. The summed E-state index contributed by atoms with van der Waals surface area (Å²) in [5.74, 6) is -0.214. The fraction of sp³-hybridized carbons (Fsp3) is 0.571. The van der Waals surface area contributed by atoms with Gasteiger partial charge in [0.25, 0.3) is 0 Å². The van der Waals surface area contributed by atoms with Crippen molar-refractivity contribution in [3.05, 3.63) is 29.6 Å². The second kappa shape index (κ2) is 5.96. The highest BCUT2D eigenvalue weighted by atomic mass is 16.4. The molecule has 1 aliphatic carbocycles. The number of carboxylic acids is 1. The first-order chi connectivity index (χ1) is 8.66. The molecule has 4 heteroatoms. The molecule has 1 heterocycles. The first-order valence-corrected chi connectivity index (χ1v) is 6.59. The lowest BCUT2D eigenvalue weighted by atomic mass is 10.00. The molecule has 1 atom stereocenters. The monoisotopic (exact) mass is 248 g/mol. The Morgan fingerprint density at radius 2 is 2.22 bits per heavy atom. The largest absolute Gasteiger partial charge is 0.477 e. The molecule has 0 saturated heterocycles. The molecule has 1 aromatic heterocycles. The molecule has 0 amide bonds. The van der Waals surface area contributed by atoms with Crippen molar-refractivity contribution in [2.24, 2.45) is 5.92 Å². The molecule has 2 N–H and O–H groups in total. The Bertz CT molecular complexity index is 414. The lowest BCUT2D eigenvalue weighted by Crippen LogP contribution is -2.32. The smallest absolute Gasteiger partial charge is 0.354 e. The summed E-state index contributed by atoms with van der Waals surface area (Å²) in [6, 6.07) is 5.60. The van der Waals surface area contributed by atoms with Gasteiger partial charge in [0, 0.05) is 12.6 Å². The molecule has 0 aromatic carbocycles. The Hall–Kier alpha value is -1.42. The minimum absolute atomic E-state index is 0.114. The van der Waals surface area contributed by atoms with E-state index >= 15 is 0 Å². The maximum Gasteiger partial charge on any atom is 0.354 e. The van der Waals surface area contributed by atoms with E-state index in [1.807, 2.05) is 6.07 Å². The number of aromatic carboxylic acids is 1. The van der Waals surface area contributed by atoms with Crippen molar-refractivity contribution in [3.8, 4) is 0 Å². The molecule has 1 saturated carbocycles. The van der Waals surface area contributed by atoms with Crippen molar-refractivity contribution in [2.45, 2.75) is 45.2 Å². The third-order valence-corrected chi connectivity index (χ3v) is 3.74. The number of hydrogen-bond acceptors (Lipinski definition) is 3. The van der Waals surface area contributed by atoms with Gasteiger partial charge in [-0.3, -0.25) is 0 Å². The number of rotatable bonds is 5. The van der Waals surface area contributed by atoms with Crippen LogP contribution in [-0.2, 0) is 6.54 Å². The SMILES string of the molecule is C[C@H](NCc1cccc(C(=O)O)n1)C1CCCC1. The van der Waals surface area contributed by atoms with Crippen LogP contribution in [0.25, 0.3) is 0 Å². The maximum atomic E-state index is 10.8. The van der Waals surface area contributed by atoms with E-state index in [-0.39, 0.29) is 5.69 Å². The van der Waals surface area contributed by atoms with Crippen LogP contribution in [0.3, 0.4) is 0 Å². The number of pyridine rings is 1. The summed E-state index contributed by atoms with van der Waals surface area (Å²) in [6.45, 7) is 2.84. The first-order valence-electron chi connectivity index (χ1n) is 6.59. The predicted molar refractivity (Wildman–Crippen MR) is 69.5 cm³/mol. The van der Waals surface area contributed by atoms with E-state index < -0.39 is 5.97 Å². The van der Waals surface area contributed by atoms with Crippen LogP contribution in [0, 0.1) is 5.92 Å². The van der Waals surface area contributed by atoms with Gasteiger partial charge in [-0.25, -0.2) is 9.78 Å². The molecule has 0 radical (unpaired) electrons. The molecule has 1 aromatic rings. The van der Waals surface area contributed by atoms with E-state index in [0.717, 1.165) is 11.6 Å². The standard InChI is InChI=1S/C14H20N2O2/c1-10(11-5-2-3-6-11)15-9-12-7-4-8-13(16-12)14(17)18/h4,7-8,10-11,15H,2-3,5-6,9H2,1H3,(H,17,18)/t10-/m0/s1. The quantitative estimate of drug-likeness (QED) is 0.840. The third kappa shape index (κ3) is 3.29. The molecule has 4 nitrogen and oxygen atoms in total. The summed E-state index contributed by atoms with van der Waals surface area (Å²) in [5, 5.41) is 12.3. The zero-order valence-electron chi connectivity index (χ0n) is 10.7.